The van der Waals surface area contributed by atoms with Gasteiger partial charge in [-0.1, -0.05) is 41.9 Å². The van der Waals surface area contributed by atoms with Crippen molar-refractivity contribution in [3.63, 3.8) is 0 Å². The van der Waals surface area contributed by atoms with E-state index in [2.05, 4.69) is 10.6 Å². The standard InChI is InChI=1S/C17H17ClN2O3/c1-19-16(21)12-8-9-14(13(18)10-12)20-17(22)15(23-2)11-6-4-3-5-7-11/h3-10,15H,1-2H3,(H,19,21)(H,20,22)/t15-/m0/s1. The Morgan fingerprint density at radius 3 is 2.39 bits per heavy atom. The number of carbonyl (C=O) groups excluding carboxylic acids is 2. The van der Waals surface area contributed by atoms with Crippen LogP contribution in [0, 0.1) is 0 Å². The van der Waals surface area contributed by atoms with Gasteiger partial charge >= 0.3 is 0 Å². The predicted octanol–water partition coefficient (Wildman–Crippen LogP) is 3.03. The maximum absolute atomic E-state index is 12.4. The maximum atomic E-state index is 12.4. The topological polar surface area (TPSA) is 67.4 Å². The van der Waals surface area contributed by atoms with Gasteiger partial charge < -0.3 is 15.4 Å². The van der Waals surface area contributed by atoms with E-state index in [-0.39, 0.29) is 16.8 Å². The molecule has 0 spiro atoms. The second-order valence-electron chi connectivity index (χ2n) is 4.79. The fraction of sp³-hybridized carbons (Fsp3) is 0.176. The fourth-order valence-corrected chi connectivity index (χ4v) is 2.35. The Bertz CT molecular complexity index is 704. The predicted molar refractivity (Wildman–Crippen MR) is 89.7 cm³/mol. The van der Waals surface area contributed by atoms with E-state index < -0.39 is 6.10 Å². The molecule has 0 fully saturated rings. The molecular weight excluding hydrogens is 316 g/mol. The molecule has 2 aromatic carbocycles. The fourth-order valence-electron chi connectivity index (χ4n) is 2.12. The first-order valence-corrected chi connectivity index (χ1v) is 7.35. The molecule has 0 unspecified atom stereocenters. The van der Waals surface area contributed by atoms with Crippen LogP contribution >= 0.6 is 11.6 Å². The Hall–Kier alpha value is -2.37. The zero-order valence-electron chi connectivity index (χ0n) is 12.8. The van der Waals surface area contributed by atoms with E-state index in [0.29, 0.717) is 11.3 Å². The highest BCUT2D eigenvalue weighted by molar-refractivity contribution is 6.34. The van der Waals surface area contributed by atoms with Crippen LogP contribution in [0.2, 0.25) is 5.02 Å². The third kappa shape index (κ3) is 4.09. The lowest BCUT2D eigenvalue weighted by atomic mass is 10.1. The van der Waals surface area contributed by atoms with Crippen molar-refractivity contribution in [1.29, 1.82) is 0 Å². The van der Waals surface area contributed by atoms with Gasteiger partial charge in [-0.2, -0.15) is 0 Å². The van der Waals surface area contributed by atoms with Crippen LogP contribution in [0.5, 0.6) is 0 Å². The summed E-state index contributed by atoms with van der Waals surface area (Å²) in [6.45, 7) is 0. The lowest BCUT2D eigenvalue weighted by Gasteiger charge is -2.16. The van der Waals surface area contributed by atoms with Gasteiger partial charge in [0, 0.05) is 19.7 Å². The van der Waals surface area contributed by atoms with E-state index in [1.807, 2.05) is 30.3 Å². The Balaban J connectivity index is 2.18. The van der Waals surface area contributed by atoms with E-state index >= 15 is 0 Å². The normalized spacial score (nSPS) is 11.6. The number of amides is 2. The molecule has 0 aliphatic rings. The lowest BCUT2D eigenvalue weighted by Crippen LogP contribution is -2.23. The number of ether oxygens (including phenoxy) is 1. The summed E-state index contributed by atoms with van der Waals surface area (Å²) in [4.78, 5) is 24.0. The van der Waals surface area contributed by atoms with Crippen molar-refractivity contribution >= 4 is 29.1 Å². The van der Waals surface area contributed by atoms with Crippen LogP contribution in [0.25, 0.3) is 0 Å². The zero-order chi connectivity index (χ0) is 16.8. The first kappa shape index (κ1) is 17.0. The van der Waals surface area contributed by atoms with Gasteiger partial charge in [0.15, 0.2) is 6.10 Å². The highest BCUT2D eigenvalue weighted by Crippen LogP contribution is 2.25. The quantitative estimate of drug-likeness (QED) is 0.884. The van der Waals surface area contributed by atoms with Gasteiger partial charge in [0.05, 0.1) is 10.7 Å². The smallest absolute Gasteiger partial charge is 0.258 e. The van der Waals surface area contributed by atoms with Crippen LogP contribution in [0.1, 0.15) is 22.0 Å². The van der Waals surface area contributed by atoms with Gasteiger partial charge in [0.1, 0.15) is 0 Å². The Labute approximate surface area is 139 Å². The van der Waals surface area contributed by atoms with Crippen LogP contribution in [0.4, 0.5) is 5.69 Å². The van der Waals surface area contributed by atoms with E-state index in [9.17, 15) is 9.59 Å². The van der Waals surface area contributed by atoms with Crippen molar-refractivity contribution in [3.8, 4) is 0 Å². The van der Waals surface area contributed by atoms with Crippen molar-refractivity contribution in [2.75, 3.05) is 19.5 Å². The summed E-state index contributed by atoms with van der Waals surface area (Å²) in [6.07, 6.45) is -0.745. The second-order valence-corrected chi connectivity index (χ2v) is 5.20. The first-order chi connectivity index (χ1) is 11.1. The minimum atomic E-state index is -0.745. The van der Waals surface area contributed by atoms with Crippen molar-refractivity contribution < 1.29 is 14.3 Å². The molecular formula is C17H17ClN2O3. The molecule has 2 aromatic rings. The Kier molecular flexibility index (Phi) is 5.73. The number of nitrogens with one attached hydrogen (secondary N) is 2. The van der Waals surface area contributed by atoms with E-state index in [0.717, 1.165) is 5.56 Å². The Morgan fingerprint density at radius 2 is 1.83 bits per heavy atom. The van der Waals surface area contributed by atoms with Gasteiger partial charge in [-0.05, 0) is 23.8 Å². The molecule has 0 saturated carbocycles. The average Bonchev–Trinajstić information content (AvgIpc) is 2.57. The van der Waals surface area contributed by atoms with Crippen molar-refractivity contribution in [2.24, 2.45) is 0 Å². The molecule has 0 aromatic heterocycles. The number of methoxy groups -OCH3 is 1. The molecule has 0 aliphatic heterocycles. The third-order valence-electron chi connectivity index (χ3n) is 3.29. The van der Waals surface area contributed by atoms with Crippen LogP contribution < -0.4 is 10.6 Å². The molecule has 6 heteroatoms. The molecule has 1 atom stereocenters. The molecule has 2 amide bonds. The molecule has 0 saturated heterocycles. The van der Waals surface area contributed by atoms with Gasteiger partial charge in [-0.3, -0.25) is 9.59 Å². The van der Waals surface area contributed by atoms with Crippen molar-refractivity contribution in [1.82, 2.24) is 5.32 Å². The van der Waals surface area contributed by atoms with E-state index in [1.54, 1.807) is 12.1 Å². The molecule has 120 valence electrons. The Morgan fingerprint density at radius 1 is 1.13 bits per heavy atom. The lowest BCUT2D eigenvalue weighted by molar-refractivity contribution is -0.126. The van der Waals surface area contributed by atoms with Crippen LogP contribution in [-0.2, 0) is 9.53 Å². The van der Waals surface area contributed by atoms with Crippen LogP contribution in [0.15, 0.2) is 48.5 Å². The van der Waals surface area contributed by atoms with Crippen LogP contribution in [0.3, 0.4) is 0 Å². The number of hydrogen-bond acceptors (Lipinski definition) is 3. The minimum absolute atomic E-state index is 0.246. The van der Waals surface area contributed by atoms with E-state index in [1.165, 1.54) is 20.2 Å². The zero-order valence-corrected chi connectivity index (χ0v) is 13.6. The number of hydrogen-bond donors (Lipinski definition) is 2. The summed E-state index contributed by atoms with van der Waals surface area (Å²) in [5, 5.41) is 5.51. The van der Waals surface area contributed by atoms with Crippen LogP contribution in [-0.4, -0.2) is 26.0 Å². The summed E-state index contributed by atoms with van der Waals surface area (Å²) < 4.78 is 5.27. The van der Waals surface area contributed by atoms with Gasteiger partial charge in [0.2, 0.25) is 0 Å². The monoisotopic (exact) mass is 332 g/mol. The van der Waals surface area contributed by atoms with Gasteiger partial charge in [0.25, 0.3) is 11.8 Å². The summed E-state index contributed by atoms with van der Waals surface area (Å²) in [5.41, 5.74) is 1.58. The van der Waals surface area contributed by atoms with Gasteiger partial charge in [-0.15, -0.1) is 0 Å². The molecule has 2 rings (SSSR count). The number of halogens is 1. The summed E-state index contributed by atoms with van der Waals surface area (Å²) in [6, 6.07) is 13.8. The second kappa shape index (κ2) is 7.76. The number of benzene rings is 2. The molecule has 0 bridgehead atoms. The molecule has 0 radical (unpaired) electrons. The van der Waals surface area contributed by atoms with Gasteiger partial charge in [-0.25, -0.2) is 0 Å². The third-order valence-corrected chi connectivity index (χ3v) is 3.61. The van der Waals surface area contributed by atoms with Crippen molar-refractivity contribution in [3.05, 3.63) is 64.7 Å². The summed E-state index contributed by atoms with van der Waals surface area (Å²) in [5.74, 6) is -0.586. The highest BCUT2D eigenvalue weighted by Gasteiger charge is 2.21. The first-order valence-electron chi connectivity index (χ1n) is 6.97. The SMILES string of the molecule is CNC(=O)c1ccc(NC(=O)[C@@H](OC)c2ccccc2)c(Cl)c1. The number of carbonyl (C=O) groups is 2. The summed E-state index contributed by atoms with van der Waals surface area (Å²) in [7, 11) is 3.00. The van der Waals surface area contributed by atoms with E-state index in [4.69, 9.17) is 16.3 Å². The highest BCUT2D eigenvalue weighted by atomic mass is 35.5. The molecule has 0 aliphatic carbocycles. The number of rotatable bonds is 5. The molecule has 5 nitrogen and oxygen atoms in total. The average molecular weight is 333 g/mol. The largest absolute Gasteiger partial charge is 0.367 e. The minimum Gasteiger partial charge on any atom is -0.367 e. The number of anilines is 1. The molecule has 23 heavy (non-hydrogen) atoms. The summed E-state index contributed by atoms with van der Waals surface area (Å²) >= 11 is 6.13. The van der Waals surface area contributed by atoms with Crippen molar-refractivity contribution in [2.45, 2.75) is 6.10 Å². The molecule has 0 heterocycles. The molecule has 2 N–H and O–H groups in total. The maximum Gasteiger partial charge on any atom is 0.258 e.